The van der Waals surface area contributed by atoms with Crippen LogP contribution in [0.15, 0.2) is 12.1 Å². The molecule has 0 amide bonds. The van der Waals surface area contributed by atoms with E-state index in [1.807, 2.05) is 0 Å². The van der Waals surface area contributed by atoms with Crippen LogP contribution in [0.1, 0.15) is 26.3 Å². The minimum absolute atomic E-state index is 0.117. The van der Waals surface area contributed by atoms with Crippen LogP contribution < -0.4 is 0 Å². The molecule has 1 rings (SSSR count). The fourth-order valence-electron chi connectivity index (χ4n) is 1.31. The maximum Gasteiger partial charge on any atom is 0.270 e. The van der Waals surface area contributed by atoms with Crippen molar-refractivity contribution < 1.29 is 14.5 Å². The van der Waals surface area contributed by atoms with Crippen LogP contribution >= 0.6 is 11.6 Å². The number of aldehydes is 1. The topological polar surface area (TPSA) is 77.3 Å². The Morgan fingerprint density at radius 2 is 2.19 bits per heavy atom. The lowest BCUT2D eigenvalue weighted by Gasteiger charge is -2.05. The van der Waals surface area contributed by atoms with Crippen molar-refractivity contribution in [3.8, 4) is 0 Å². The lowest BCUT2D eigenvalue weighted by atomic mass is 9.99. The third-order valence-electron chi connectivity index (χ3n) is 2.19. The molecule has 0 aliphatic carbocycles. The second-order valence-electron chi connectivity index (χ2n) is 3.14. The van der Waals surface area contributed by atoms with Crippen LogP contribution in [0.2, 0.25) is 0 Å². The van der Waals surface area contributed by atoms with Gasteiger partial charge in [-0.05, 0) is 12.5 Å². The molecule has 0 aliphatic heterocycles. The molecular weight excluding hydrogens is 234 g/mol. The first-order chi connectivity index (χ1) is 7.51. The average molecular weight is 242 g/mol. The fraction of sp³-hybridized carbons (Fsp3) is 0.200. The summed E-state index contributed by atoms with van der Waals surface area (Å²) in [5.74, 6) is -0.716. The quantitative estimate of drug-likeness (QED) is 0.266. The lowest BCUT2D eigenvalue weighted by Crippen LogP contribution is -2.06. The van der Waals surface area contributed by atoms with Gasteiger partial charge in [-0.15, -0.1) is 11.6 Å². The van der Waals surface area contributed by atoms with Crippen LogP contribution in [0, 0.1) is 17.0 Å². The van der Waals surface area contributed by atoms with Gasteiger partial charge in [0, 0.05) is 23.3 Å². The van der Waals surface area contributed by atoms with E-state index in [2.05, 4.69) is 0 Å². The maximum absolute atomic E-state index is 11.4. The Bertz CT molecular complexity index is 470. The molecule has 0 atom stereocenters. The van der Waals surface area contributed by atoms with E-state index in [0.29, 0.717) is 11.8 Å². The smallest absolute Gasteiger partial charge is 0.270 e. The summed E-state index contributed by atoms with van der Waals surface area (Å²) in [5.41, 5.74) is 0.362. The van der Waals surface area contributed by atoms with Gasteiger partial charge in [-0.2, -0.15) is 0 Å². The number of benzene rings is 1. The van der Waals surface area contributed by atoms with Crippen molar-refractivity contribution in [1.82, 2.24) is 0 Å². The van der Waals surface area contributed by atoms with Crippen molar-refractivity contribution in [2.45, 2.75) is 6.92 Å². The van der Waals surface area contributed by atoms with Crippen LogP contribution in [0.3, 0.4) is 0 Å². The molecule has 0 bridgehead atoms. The first-order valence-electron chi connectivity index (χ1n) is 4.34. The van der Waals surface area contributed by atoms with Crippen molar-refractivity contribution in [3.63, 3.8) is 0 Å². The molecule has 6 heteroatoms. The van der Waals surface area contributed by atoms with Gasteiger partial charge in [0.1, 0.15) is 0 Å². The molecule has 0 saturated heterocycles. The number of non-ortho nitro benzene ring substituents is 1. The first-order valence-corrected chi connectivity index (χ1v) is 4.88. The molecule has 0 unspecified atom stereocenters. The molecule has 0 saturated carbocycles. The zero-order valence-corrected chi connectivity index (χ0v) is 9.15. The zero-order chi connectivity index (χ0) is 12.3. The highest BCUT2D eigenvalue weighted by Gasteiger charge is 2.17. The van der Waals surface area contributed by atoms with Gasteiger partial charge >= 0.3 is 0 Å². The summed E-state index contributed by atoms with van der Waals surface area (Å²) in [7, 11) is 0. The van der Waals surface area contributed by atoms with Crippen molar-refractivity contribution >= 4 is 29.4 Å². The summed E-state index contributed by atoms with van der Waals surface area (Å²) in [6, 6.07) is 2.26. The largest absolute Gasteiger partial charge is 0.298 e. The van der Waals surface area contributed by atoms with Crippen LogP contribution in [0.25, 0.3) is 0 Å². The molecule has 0 fully saturated rings. The number of nitro benzene ring substituents is 1. The Labute approximate surface area is 96.2 Å². The number of nitrogens with zero attached hydrogens (tertiary/aromatic N) is 1. The summed E-state index contributed by atoms with van der Waals surface area (Å²) in [5, 5.41) is 10.6. The first kappa shape index (κ1) is 12.3. The molecule has 1 aromatic carbocycles. The molecular formula is C10H8ClNO4. The summed E-state index contributed by atoms with van der Waals surface area (Å²) in [6.07, 6.45) is 0.480. The van der Waals surface area contributed by atoms with E-state index < -0.39 is 10.7 Å². The van der Waals surface area contributed by atoms with E-state index >= 15 is 0 Å². The van der Waals surface area contributed by atoms with E-state index in [4.69, 9.17) is 11.6 Å². The van der Waals surface area contributed by atoms with E-state index in [1.165, 1.54) is 0 Å². The van der Waals surface area contributed by atoms with Crippen molar-refractivity contribution in [3.05, 3.63) is 38.9 Å². The predicted molar refractivity (Wildman–Crippen MR) is 58.3 cm³/mol. The van der Waals surface area contributed by atoms with Gasteiger partial charge in [-0.25, -0.2) is 0 Å². The number of carbonyl (C=O) groups is 2. The molecule has 0 spiro atoms. The van der Waals surface area contributed by atoms with Gasteiger partial charge in [0.15, 0.2) is 12.1 Å². The third kappa shape index (κ3) is 2.25. The van der Waals surface area contributed by atoms with E-state index in [9.17, 15) is 19.7 Å². The Morgan fingerprint density at radius 3 is 2.62 bits per heavy atom. The highest BCUT2D eigenvalue weighted by atomic mass is 35.5. The van der Waals surface area contributed by atoms with Gasteiger partial charge in [0.2, 0.25) is 0 Å². The molecule has 0 heterocycles. The number of hydrogen-bond acceptors (Lipinski definition) is 4. The molecule has 5 nitrogen and oxygen atoms in total. The van der Waals surface area contributed by atoms with Crippen molar-refractivity contribution in [2.75, 3.05) is 5.88 Å². The van der Waals surface area contributed by atoms with Crippen molar-refractivity contribution in [1.29, 1.82) is 0 Å². The van der Waals surface area contributed by atoms with Gasteiger partial charge < -0.3 is 0 Å². The van der Waals surface area contributed by atoms with Gasteiger partial charge in [0.25, 0.3) is 5.69 Å². The van der Waals surface area contributed by atoms with Gasteiger partial charge in [-0.3, -0.25) is 19.7 Å². The number of Topliss-reactive ketones (excluding diaryl/α,β-unsaturated/α-hetero) is 1. The summed E-state index contributed by atoms with van der Waals surface area (Å²) in [6.45, 7) is 1.55. The second-order valence-corrected chi connectivity index (χ2v) is 3.41. The number of halogens is 1. The molecule has 84 valence electrons. The van der Waals surface area contributed by atoms with E-state index in [-0.39, 0.29) is 22.7 Å². The predicted octanol–water partition coefficient (Wildman–Crippen LogP) is 2.14. The lowest BCUT2D eigenvalue weighted by molar-refractivity contribution is -0.384. The van der Waals surface area contributed by atoms with Crippen LogP contribution in [-0.4, -0.2) is 22.9 Å². The normalized spacial score (nSPS) is 9.88. The number of carbonyl (C=O) groups excluding carboxylic acids is 2. The highest BCUT2D eigenvalue weighted by Crippen LogP contribution is 2.21. The van der Waals surface area contributed by atoms with Gasteiger partial charge in [0.05, 0.1) is 10.8 Å². The Kier molecular flexibility index (Phi) is 3.73. The van der Waals surface area contributed by atoms with Crippen LogP contribution in [0.5, 0.6) is 0 Å². The fourth-order valence-corrected chi connectivity index (χ4v) is 1.45. The Balaban J connectivity index is 3.47. The summed E-state index contributed by atoms with van der Waals surface area (Å²) >= 11 is 5.38. The molecule has 0 aliphatic rings. The number of nitro groups is 1. The van der Waals surface area contributed by atoms with Crippen molar-refractivity contribution in [2.24, 2.45) is 0 Å². The minimum atomic E-state index is -0.655. The van der Waals surface area contributed by atoms with Gasteiger partial charge in [-0.1, -0.05) is 0 Å². The number of alkyl halides is 1. The molecule has 0 radical (unpaired) electrons. The Hall–Kier alpha value is -1.75. The Morgan fingerprint density at radius 1 is 1.56 bits per heavy atom. The van der Waals surface area contributed by atoms with Crippen LogP contribution in [0.4, 0.5) is 5.69 Å². The SMILES string of the molecule is Cc1c(C=O)cc([N+](=O)[O-])cc1C(=O)CCl. The minimum Gasteiger partial charge on any atom is -0.298 e. The number of hydrogen-bond donors (Lipinski definition) is 0. The standard InChI is InChI=1S/C10H8ClNO4/c1-6-7(5-13)2-8(12(15)16)3-9(6)10(14)4-11/h2-3,5H,4H2,1H3. The maximum atomic E-state index is 11.4. The molecule has 0 N–H and O–H groups in total. The van der Waals surface area contributed by atoms with E-state index in [1.54, 1.807) is 6.92 Å². The number of rotatable bonds is 4. The zero-order valence-electron chi connectivity index (χ0n) is 8.40. The van der Waals surface area contributed by atoms with Crippen LogP contribution in [-0.2, 0) is 0 Å². The second kappa shape index (κ2) is 4.85. The highest BCUT2D eigenvalue weighted by molar-refractivity contribution is 6.30. The molecule has 1 aromatic rings. The number of ketones is 1. The molecule has 0 aromatic heterocycles. The summed E-state index contributed by atoms with van der Waals surface area (Å²) < 4.78 is 0. The third-order valence-corrected chi connectivity index (χ3v) is 2.43. The monoisotopic (exact) mass is 241 g/mol. The van der Waals surface area contributed by atoms with E-state index in [0.717, 1.165) is 12.1 Å². The average Bonchev–Trinajstić information content (AvgIpc) is 2.28. The molecule has 16 heavy (non-hydrogen) atoms. The summed E-state index contributed by atoms with van der Waals surface area (Å²) in [4.78, 5) is 32.0.